The van der Waals surface area contributed by atoms with E-state index in [4.69, 9.17) is 14.2 Å². The van der Waals surface area contributed by atoms with E-state index < -0.39 is 11.9 Å². The Balaban J connectivity index is 1.95. The van der Waals surface area contributed by atoms with Gasteiger partial charge in [0.15, 0.2) is 0 Å². The monoisotopic (exact) mass is 226 g/mol. The van der Waals surface area contributed by atoms with Crippen LogP contribution in [0.15, 0.2) is 11.8 Å². The molecule has 0 aromatic heterocycles. The maximum absolute atomic E-state index is 11.6. The van der Waals surface area contributed by atoms with Crippen molar-refractivity contribution < 1.29 is 24.1 Å². The second kappa shape index (κ2) is 3.21. The summed E-state index contributed by atoms with van der Waals surface area (Å²) < 4.78 is 15.4. The number of methoxy groups -OCH3 is 1. The Morgan fingerprint density at radius 2 is 2.50 bits per heavy atom. The molecule has 0 aromatic carbocycles. The molecule has 0 amide bonds. The van der Waals surface area contributed by atoms with Gasteiger partial charge in [-0.25, -0.2) is 4.79 Å². The number of esters is 1. The molecule has 5 heteroatoms. The summed E-state index contributed by atoms with van der Waals surface area (Å²) in [5.74, 6) is -0.509. The quantitative estimate of drug-likeness (QED) is 0.646. The van der Waals surface area contributed by atoms with E-state index in [9.17, 15) is 9.90 Å². The third-order valence-electron chi connectivity index (χ3n) is 3.88. The van der Waals surface area contributed by atoms with Gasteiger partial charge in [-0.3, -0.25) is 0 Å². The van der Waals surface area contributed by atoms with Crippen LogP contribution < -0.4 is 0 Å². The molecule has 0 spiro atoms. The Labute approximate surface area is 93.0 Å². The lowest BCUT2D eigenvalue weighted by Gasteiger charge is -2.31. The standard InChI is InChI=1S/C11H14O5/c1-14-9(12)7-4-15-10-8-6(7)2-3-11(8,13)5-16-10/h4,6,8,10,13H,2-3,5H2,1H3/t6-,8-,10-,11-/m1/s1. The summed E-state index contributed by atoms with van der Waals surface area (Å²) in [4.78, 5) is 11.6. The highest BCUT2D eigenvalue weighted by atomic mass is 16.7. The maximum atomic E-state index is 11.6. The Morgan fingerprint density at radius 3 is 3.25 bits per heavy atom. The first-order valence-corrected chi connectivity index (χ1v) is 5.43. The summed E-state index contributed by atoms with van der Waals surface area (Å²) in [6.45, 7) is 0.293. The SMILES string of the molecule is COC(=O)C1=CO[C@@H]2OC[C@]3(O)CC[C@H]1[C@H]23. The van der Waals surface area contributed by atoms with E-state index in [1.54, 1.807) is 0 Å². The molecule has 2 fully saturated rings. The minimum absolute atomic E-state index is 0.00120. The second-order valence-electron chi connectivity index (χ2n) is 4.65. The van der Waals surface area contributed by atoms with Crippen LogP contribution in [0.2, 0.25) is 0 Å². The first-order chi connectivity index (χ1) is 7.65. The number of rotatable bonds is 1. The molecule has 0 radical (unpaired) electrons. The lowest BCUT2D eigenvalue weighted by molar-refractivity contribution is -0.142. The van der Waals surface area contributed by atoms with Gasteiger partial charge in [-0.1, -0.05) is 0 Å². The fourth-order valence-electron chi connectivity index (χ4n) is 3.09. The van der Waals surface area contributed by atoms with Crippen LogP contribution in [0.25, 0.3) is 0 Å². The van der Waals surface area contributed by atoms with Crippen molar-refractivity contribution in [3.63, 3.8) is 0 Å². The van der Waals surface area contributed by atoms with Crippen molar-refractivity contribution in [1.82, 2.24) is 0 Å². The zero-order valence-electron chi connectivity index (χ0n) is 9.01. The number of hydrogen-bond donors (Lipinski definition) is 1. The summed E-state index contributed by atoms with van der Waals surface area (Å²) in [7, 11) is 1.35. The van der Waals surface area contributed by atoms with Gasteiger partial charge in [0.05, 0.1) is 37.1 Å². The minimum atomic E-state index is -0.830. The van der Waals surface area contributed by atoms with Crippen LogP contribution in [0.1, 0.15) is 12.8 Å². The van der Waals surface area contributed by atoms with Gasteiger partial charge >= 0.3 is 5.97 Å². The van der Waals surface area contributed by atoms with Crippen LogP contribution in [0.5, 0.6) is 0 Å². The average Bonchev–Trinajstić information content (AvgIpc) is 2.81. The zero-order valence-corrected chi connectivity index (χ0v) is 9.01. The lowest BCUT2D eigenvalue weighted by atomic mass is 9.82. The predicted molar refractivity (Wildman–Crippen MR) is 52.1 cm³/mol. The van der Waals surface area contributed by atoms with Gasteiger partial charge in [-0.2, -0.15) is 0 Å². The first-order valence-electron chi connectivity index (χ1n) is 5.43. The van der Waals surface area contributed by atoms with Gasteiger partial charge < -0.3 is 19.3 Å². The number of hydrogen-bond acceptors (Lipinski definition) is 5. The van der Waals surface area contributed by atoms with Crippen molar-refractivity contribution in [2.24, 2.45) is 11.8 Å². The number of carbonyl (C=O) groups is 1. The fourth-order valence-corrected chi connectivity index (χ4v) is 3.09. The molecule has 3 aliphatic rings. The van der Waals surface area contributed by atoms with Crippen LogP contribution in [0.3, 0.4) is 0 Å². The summed E-state index contributed by atoms with van der Waals surface area (Å²) in [6, 6.07) is 0. The maximum Gasteiger partial charge on any atom is 0.337 e. The summed E-state index contributed by atoms with van der Waals surface area (Å²) in [6.07, 6.45) is 2.45. The summed E-state index contributed by atoms with van der Waals surface area (Å²) in [5, 5.41) is 10.3. The number of aliphatic hydroxyl groups is 1. The molecule has 0 bridgehead atoms. The van der Waals surface area contributed by atoms with Crippen molar-refractivity contribution >= 4 is 5.97 Å². The van der Waals surface area contributed by atoms with Crippen molar-refractivity contribution in [2.45, 2.75) is 24.7 Å². The van der Waals surface area contributed by atoms with E-state index in [2.05, 4.69) is 0 Å². The lowest BCUT2D eigenvalue weighted by Crippen LogP contribution is -2.40. The fraction of sp³-hybridized carbons (Fsp3) is 0.727. The Kier molecular flexibility index (Phi) is 2.03. The third kappa shape index (κ3) is 1.15. The van der Waals surface area contributed by atoms with Gasteiger partial charge in [-0.05, 0) is 12.8 Å². The third-order valence-corrected chi connectivity index (χ3v) is 3.88. The van der Waals surface area contributed by atoms with Gasteiger partial charge in [0.25, 0.3) is 0 Å². The zero-order chi connectivity index (χ0) is 11.3. The van der Waals surface area contributed by atoms with Gasteiger partial charge in [0, 0.05) is 5.92 Å². The van der Waals surface area contributed by atoms with Crippen LogP contribution in [-0.4, -0.2) is 36.7 Å². The highest BCUT2D eigenvalue weighted by Gasteiger charge is 2.60. The Morgan fingerprint density at radius 1 is 1.69 bits per heavy atom. The van der Waals surface area contributed by atoms with Crippen LogP contribution >= 0.6 is 0 Å². The highest BCUT2D eigenvalue weighted by molar-refractivity contribution is 5.89. The largest absolute Gasteiger partial charge is 0.472 e. The van der Waals surface area contributed by atoms with Crippen molar-refractivity contribution in [3.8, 4) is 0 Å². The van der Waals surface area contributed by atoms with E-state index in [1.165, 1.54) is 13.4 Å². The van der Waals surface area contributed by atoms with E-state index in [1.807, 2.05) is 0 Å². The molecular formula is C11H14O5. The second-order valence-corrected chi connectivity index (χ2v) is 4.65. The molecule has 0 unspecified atom stereocenters. The summed E-state index contributed by atoms with van der Waals surface area (Å²) in [5.41, 5.74) is -0.312. The Bertz CT molecular complexity index is 363. The van der Waals surface area contributed by atoms with Gasteiger partial charge in [0.1, 0.15) is 0 Å². The summed E-state index contributed by atoms with van der Waals surface area (Å²) >= 11 is 0. The highest BCUT2D eigenvalue weighted by Crippen LogP contribution is 2.52. The van der Waals surface area contributed by atoms with Crippen molar-refractivity contribution in [3.05, 3.63) is 11.8 Å². The van der Waals surface area contributed by atoms with Crippen LogP contribution in [-0.2, 0) is 19.0 Å². The number of ether oxygens (including phenoxy) is 3. The van der Waals surface area contributed by atoms with Crippen LogP contribution in [0.4, 0.5) is 0 Å². The smallest absolute Gasteiger partial charge is 0.337 e. The predicted octanol–water partition coefficient (Wildman–Crippen LogP) is 0.187. The molecule has 88 valence electrons. The molecule has 2 heterocycles. The topological polar surface area (TPSA) is 65.0 Å². The van der Waals surface area contributed by atoms with E-state index in [-0.39, 0.29) is 17.8 Å². The first kappa shape index (κ1) is 10.1. The molecule has 1 saturated carbocycles. The molecule has 1 aliphatic carbocycles. The van der Waals surface area contributed by atoms with Gasteiger partial charge in [0.2, 0.25) is 6.29 Å². The molecule has 3 rings (SSSR count). The van der Waals surface area contributed by atoms with E-state index in [0.29, 0.717) is 18.6 Å². The van der Waals surface area contributed by atoms with E-state index in [0.717, 1.165) is 6.42 Å². The van der Waals surface area contributed by atoms with E-state index >= 15 is 0 Å². The normalized spacial score (nSPS) is 44.6. The Hall–Kier alpha value is -1.07. The molecule has 4 atom stereocenters. The van der Waals surface area contributed by atoms with Crippen molar-refractivity contribution in [2.75, 3.05) is 13.7 Å². The molecule has 16 heavy (non-hydrogen) atoms. The average molecular weight is 226 g/mol. The minimum Gasteiger partial charge on any atom is -0.472 e. The number of carbonyl (C=O) groups excluding carboxylic acids is 1. The molecule has 5 nitrogen and oxygen atoms in total. The van der Waals surface area contributed by atoms with Gasteiger partial charge in [-0.15, -0.1) is 0 Å². The molecular weight excluding hydrogens is 212 g/mol. The molecule has 0 aromatic rings. The van der Waals surface area contributed by atoms with Crippen molar-refractivity contribution in [1.29, 1.82) is 0 Å². The molecule has 2 aliphatic heterocycles. The molecule has 1 saturated heterocycles. The molecule has 1 N–H and O–H groups in total. The van der Waals surface area contributed by atoms with Crippen LogP contribution in [0, 0.1) is 11.8 Å².